The third-order valence-electron chi connectivity index (χ3n) is 4.80. The molecule has 1 aliphatic heterocycles. The van der Waals surface area contributed by atoms with Crippen LogP contribution in [0.1, 0.15) is 29.2 Å². The van der Waals surface area contributed by atoms with Gasteiger partial charge in [0.15, 0.2) is 23.8 Å². The van der Waals surface area contributed by atoms with Crippen molar-refractivity contribution in [2.24, 2.45) is 4.99 Å². The number of esters is 1. The molecule has 0 saturated heterocycles. The summed E-state index contributed by atoms with van der Waals surface area (Å²) in [6.07, 6.45) is 1.63. The number of ether oxygens (including phenoxy) is 3. The van der Waals surface area contributed by atoms with E-state index in [0.717, 1.165) is 16.7 Å². The zero-order chi connectivity index (χ0) is 22.5. The van der Waals surface area contributed by atoms with E-state index in [0.29, 0.717) is 23.7 Å². The van der Waals surface area contributed by atoms with Crippen molar-refractivity contribution >= 4 is 23.9 Å². The summed E-state index contributed by atoms with van der Waals surface area (Å²) in [5.41, 5.74) is 3.91. The lowest BCUT2D eigenvalue weighted by atomic mass is 10.1. The smallest absolute Gasteiger partial charge is 0.363 e. The average Bonchev–Trinajstić information content (AvgIpc) is 3.09. The summed E-state index contributed by atoms with van der Waals surface area (Å²) in [5.74, 6) is 0.547. The van der Waals surface area contributed by atoms with E-state index < -0.39 is 5.97 Å². The summed E-state index contributed by atoms with van der Waals surface area (Å²) in [6.45, 7) is 6.21. The van der Waals surface area contributed by atoms with Crippen molar-refractivity contribution < 1.29 is 23.8 Å². The predicted octanol–water partition coefficient (Wildman–Crippen LogP) is 3.51. The maximum Gasteiger partial charge on any atom is 0.363 e. The zero-order valence-corrected chi connectivity index (χ0v) is 18.4. The number of carbonyl (C=O) groups excluding carboxylic acids is 2. The molecule has 31 heavy (non-hydrogen) atoms. The zero-order valence-electron chi connectivity index (χ0n) is 18.4. The van der Waals surface area contributed by atoms with Gasteiger partial charge in [-0.1, -0.05) is 12.1 Å². The molecule has 0 unspecified atom stereocenters. The van der Waals surface area contributed by atoms with E-state index >= 15 is 0 Å². The third-order valence-corrected chi connectivity index (χ3v) is 4.80. The van der Waals surface area contributed by atoms with Crippen LogP contribution in [0.4, 0.5) is 0 Å². The number of cyclic esters (lactones) is 1. The minimum Gasteiger partial charge on any atom is -0.490 e. The van der Waals surface area contributed by atoms with Crippen molar-refractivity contribution in [1.82, 2.24) is 4.90 Å². The summed E-state index contributed by atoms with van der Waals surface area (Å²) in [6, 6.07) is 11.0. The highest BCUT2D eigenvalue weighted by Gasteiger charge is 2.24. The second-order valence-corrected chi connectivity index (χ2v) is 7.35. The van der Waals surface area contributed by atoms with Gasteiger partial charge in [0.2, 0.25) is 5.90 Å². The molecule has 1 aliphatic rings. The quantitative estimate of drug-likeness (QED) is 0.504. The van der Waals surface area contributed by atoms with Gasteiger partial charge in [0.25, 0.3) is 5.91 Å². The number of hydrogen-bond donors (Lipinski definition) is 0. The van der Waals surface area contributed by atoms with Crippen LogP contribution in [0.25, 0.3) is 6.08 Å². The van der Waals surface area contributed by atoms with Gasteiger partial charge in [-0.3, -0.25) is 4.79 Å². The van der Waals surface area contributed by atoms with E-state index in [9.17, 15) is 9.59 Å². The molecule has 0 N–H and O–H groups in total. The normalized spacial score (nSPS) is 14.3. The molecule has 7 nitrogen and oxygen atoms in total. The second-order valence-electron chi connectivity index (χ2n) is 7.35. The van der Waals surface area contributed by atoms with E-state index in [4.69, 9.17) is 14.2 Å². The summed E-state index contributed by atoms with van der Waals surface area (Å²) in [7, 11) is 3.33. The van der Waals surface area contributed by atoms with Crippen molar-refractivity contribution in [2.75, 3.05) is 27.3 Å². The summed E-state index contributed by atoms with van der Waals surface area (Å²) in [4.78, 5) is 29.9. The van der Waals surface area contributed by atoms with Gasteiger partial charge in [-0.25, -0.2) is 9.79 Å². The molecule has 0 aromatic heterocycles. The first-order valence-electron chi connectivity index (χ1n) is 9.98. The first kappa shape index (κ1) is 22.1. The monoisotopic (exact) mass is 422 g/mol. The van der Waals surface area contributed by atoms with Crippen molar-refractivity contribution in [1.29, 1.82) is 0 Å². The Bertz CT molecular complexity index is 1070. The van der Waals surface area contributed by atoms with Gasteiger partial charge >= 0.3 is 5.97 Å². The molecule has 0 atom stereocenters. The fourth-order valence-electron chi connectivity index (χ4n) is 2.84. The van der Waals surface area contributed by atoms with Crippen molar-refractivity contribution in [3.05, 3.63) is 64.3 Å². The van der Waals surface area contributed by atoms with Gasteiger partial charge in [0.1, 0.15) is 0 Å². The Balaban J connectivity index is 1.85. The first-order chi connectivity index (χ1) is 14.8. The first-order valence-corrected chi connectivity index (χ1v) is 9.98. The largest absolute Gasteiger partial charge is 0.490 e. The molecular weight excluding hydrogens is 396 g/mol. The van der Waals surface area contributed by atoms with E-state index in [1.165, 1.54) is 4.90 Å². The number of amides is 1. The molecule has 162 valence electrons. The van der Waals surface area contributed by atoms with Gasteiger partial charge in [-0.15, -0.1) is 0 Å². The number of rotatable bonds is 7. The van der Waals surface area contributed by atoms with Crippen LogP contribution in [0.2, 0.25) is 0 Å². The highest BCUT2D eigenvalue weighted by Crippen LogP contribution is 2.30. The van der Waals surface area contributed by atoms with Crippen LogP contribution in [0.3, 0.4) is 0 Å². The molecule has 3 rings (SSSR count). The number of likely N-dealkylation sites (N-methyl/N-ethyl adjacent to an activating group) is 1. The van der Waals surface area contributed by atoms with Crippen molar-refractivity contribution in [3.8, 4) is 11.5 Å². The Morgan fingerprint density at radius 2 is 1.84 bits per heavy atom. The molecule has 0 radical (unpaired) electrons. The Hall–Kier alpha value is -3.61. The maximum atomic E-state index is 12.3. The SMILES string of the molecule is CCOc1cc(/C=C2\N=C(c3ccc(C)c(C)c3)OC2=O)ccc1OCC(=O)N(C)C. The van der Waals surface area contributed by atoms with Gasteiger partial charge in [-0.05, 0) is 67.8 Å². The minimum absolute atomic E-state index is 0.0938. The van der Waals surface area contributed by atoms with Crippen LogP contribution < -0.4 is 9.47 Å². The fourth-order valence-corrected chi connectivity index (χ4v) is 2.84. The van der Waals surface area contributed by atoms with Crippen molar-refractivity contribution in [3.63, 3.8) is 0 Å². The van der Waals surface area contributed by atoms with Gasteiger partial charge < -0.3 is 19.1 Å². The second kappa shape index (κ2) is 9.47. The maximum absolute atomic E-state index is 12.3. The topological polar surface area (TPSA) is 77.4 Å². The molecule has 2 aromatic carbocycles. The molecule has 0 bridgehead atoms. The summed E-state index contributed by atoms with van der Waals surface area (Å²) in [5, 5.41) is 0. The highest BCUT2D eigenvalue weighted by molar-refractivity contribution is 6.12. The molecule has 0 aliphatic carbocycles. The Kier molecular flexibility index (Phi) is 6.74. The Morgan fingerprint density at radius 1 is 1.06 bits per heavy atom. The lowest BCUT2D eigenvalue weighted by Gasteiger charge is -2.14. The average molecular weight is 422 g/mol. The van der Waals surface area contributed by atoms with Crippen LogP contribution in [0, 0.1) is 13.8 Å². The van der Waals surface area contributed by atoms with Gasteiger partial charge in [-0.2, -0.15) is 0 Å². The van der Waals surface area contributed by atoms with Gasteiger partial charge in [0, 0.05) is 19.7 Å². The molecule has 2 aromatic rings. The standard InChI is InChI=1S/C24H26N2O5/c1-6-29-21-13-17(8-10-20(21)30-14-22(27)26(4)5)12-19-24(28)31-23(25-19)18-9-7-15(2)16(3)11-18/h7-13H,6,14H2,1-5H3/b19-12-. The molecular formula is C24H26N2O5. The molecule has 7 heteroatoms. The highest BCUT2D eigenvalue weighted by atomic mass is 16.6. The minimum atomic E-state index is -0.511. The van der Waals surface area contributed by atoms with Crippen LogP contribution >= 0.6 is 0 Å². The number of aliphatic imine (C=N–C) groups is 1. The molecule has 1 amide bonds. The van der Waals surface area contributed by atoms with Crippen LogP contribution in [0.5, 0.6) is 11.5 Å². The van der Waals surface area contributed by atoms with Gasteiger partial charge in [0.05, 0.1) is 6.61 Å². The lowest BCUT2D eigenvalue weighted by Crippen LogP contribution is -2.27. The van der Waals surface area contributed by atoms with Crippen LogP contribution in [0.15, 0.2) is 47.1 Å². The predicted molar refractivity (Wildman–Crippen MR) is 118 cm³/mol. The number of benzene rings is 2. The van der Waals surface area contributed by atoms with E-state index in [-0.39, 0.29) is 24.1 Å². The summed E-state index contributed by atoms with van der Waals surface area (Å²) < 4.78 is 16.6. The van der Waals surface area contributed by atoms with Crippen LogP contribution in [-0.4, -0.2) is 50.0 Å². The fraction of sp³-hybridized carbons (Fsp3) is 0.292. The number of nitrogens with zero attached hydrogens (tertiary/aromatic N) is 2. The van der Waals surface area contributed by atoms with E-state index in [1.54, 1.807) is 38.4 Å². The molecule has 1 heterocycles. The number of hydrogen-bond acceptors (Lipinski definition) is 6. The lowest BCUT2D eigenvalue weighted by molar-refractivity contribution is -0.131. The Morgan fingerprint density at radius 3 is 2.52 bits per heavy atom. The van der Waals surface area contributed by atoms with E-state index in [1.807, 2.05) is 39.0 Å². The summed E-state index contributed by atoms with van der Waals surface area (Å²) >= 11 is 0. The number of aryl methyl sites for hydroxylation is 2. The van der Waals surface area contributed by atoms with E-state index in [2.05, 4.69) is 4.99 Å². The Labute approximate surface area is 181 Å². The molecule has 0 saturated carbocycles. The van der Waals surface area contributed by atoms with Crippen LogP contribution in [-0.2, 0) is 14.3 Å². The molecule has 0 fully saturated rings. The number of carbonyl (C=O) groups is 2. The van der Waals surface area contributed by atoms with Crippen molar-refractivity contribution in [2.45, 2.75) is 20.8 Å². The third kappa shape index (κ3) is 5.31. The molecule has 0 spiro atoms.